The molecule has 1 aliphatic heterocycles. The van der Waals surface area contributed by atoms with Gasteiger partial charge >= 0.3 is 0 Å². The van der Waals surface area contributed by atoms with E-state index in [1.807, 2.05) is 0 Å². The van der Waals surface area contributed by atoms with Crippen LogP contribution in [0.1, 0.15) is 19.3 Å². The third kappa shape index (κ3) is 2.38. The van der Waals surface area contributed by atoms with Crippen LogP contribution in [0.25, 0.3) is 0 Å². The number of rotatable bonds is 3. The maximum Gasteiger partial charge on any atom is 0.246 e. The maximum atomic E-state index is 12.8. The van der Waals surface area contributed by atoms with Gasteiger partial charge in [0.1, 0.15) is 10.6 Å². The molecule has 1 aromatic rings. The normalized spacial score (nSPS) is 26.7. The fraction of sp³-hybridized carbons (Fsp3) is 0.571. The molecule has 2 fully saturated rings. The first kappa shape index (κ1) is 14.4. The molecule has 110 valence electrons. The summed E-state index contributed by atoms with van der Waals surface area (Å²) in [6, 6.07) is 5.10. The van der Waals surface area contributed by atoms with Crippen molar-refractivity contribution in [1.82, 2.24) is 4.31 Å². The van der Waals surface area contributed by atoms with Crippen LogP contribution < -0.4 is 4.74 Å². The number of hydrogen-bond donors (Lipinski definition) is 0. The summed E-state index contributed by atoms with van der Waals surface area (Å²) in [5.74, 6) is 1.50. The Kier molecular flexibility index (Phi) is 3.81. The van der Waals surface area contributed by atoms with Gasteiger partial charge < -0.3 is 4.74 Å². The van der Waals surface area contributed by atoms with Gasteiger partial charge in [0.15, 0.2) is 0 Å². The first-order valence-electron chi connectivity index (χ1n) is 6.86. The molecule has 0 bridgehead atoms. The van der Waals surface area contributed by atoms with Gasteiger partial charge in [-0.3, -0.25) is 0 Å². The van der Waals surface area contributed by atoms with Gasteiger partial charge in [-0.25, -0.2) is 8.42 Å². The highest BCUT2D eigenvalue weighted by molar-refractivity contribution is 9.10. The highest BCUT2D eigenvalue weighted by Crippen LogP contribution is 2.41. The zero-order chi connectivity index (χ0) is 14.3. The second kappa shape index (κ2) is 5.31. The highest BCUT2D eigenvalue weighted by atomic mass is 79.9. The van der Waals surface area contributed by atoms with Gasteiger partial charge in [0.25, 0.3) is 0 Å². The van der Waals surface area contributed by atoms with E-state index in [-0.39, 0.29) is 4.90 Å². The van der Waals surface area contributed by atoms with Gasteiger partial charge in [0.2, 0.25) is 10.0 Å². The third-order valence-corrected chi connectivity index (χ3v) is 6.78. The Morgan fingerprint density at radius 2 is 1.90 bits per heavy atom. The first-order valence-corrected chi connectivity index (χ1v) is 9.09. The van der Waals surface area contributed by atoms with E-state index < -0.39 is 10.0 Å². The number of sulfonamides is 1. The summed E-state index contributed by atoms with van der Waals surface area (Å²) in [6.45, 7) is 1.31. The lowest BCUT2D eigenvalue weighted by molar-refractivity contribution is 0.395. The summed E-state index contributed by atoms with van der Waals surface area (Å²) < 4.78 is 33.2. The number of benzene rings is 1. The van der Waals surface area contributed by atoms with Gasteiger partial charge in [0, 0.05) is 17.6 Å². The summed E-state index contributed by atoms with van der Waals surface area (Å²) >= 11 is 3.34. The molecule has 3 rings (SSSR count). The number of ether oxygens (including phenoxy) is 1. The summed E-state index contributed by atoms with van der Waals surface area (Å²) in [7, 11) is -1.97. The lowest BCUT2D eigenvalue weighted by Crippen LogP contribution is -2.30. The molecule has 0 radical (unpaired) electrons. The molecule has 1 aliphatic carbocycles. The molecule has 0 amide bonds. The fourth-order valence-corrected chi connectivity index (χ4v) is 5.63. The number of hydrogen-bond acceptors (Lipinski definition) is 3. The second-order valence-corrected chi connectivity index (χ2v) is 8.39. The van der Waals surface area contributed by atoms with Gasteiger partial charge in [-0.2, -0.15) is 4.31 Å². The molecule has 0 spiro atoms. The van der Waals surface area contributed by atoms with Crippen molar-refractivity contribution in [2.75, 3.05) is 20.2 Å². The second-order valence-electron chi connectivity index (χ2n) is 5.57. The molecule has 2 aliphatic rings. The lowest BCUT2D eigenvalue weighted by atomic mass is 10.0. The van der Waals surface area contributed by atoms with Crippen LogP contribution in [-0.4, -0.2) is 32.9 Å². The van der Waals surface area contributed by atoms with Crippen LogP contribution in [0.15, 0.2) is 27.6 Å². The van der Waals surface area contributed by atoms with E-state index in [1.54, 1.807) is 22.5 Å². The predicted molar refractivity (Wildman–Crippen MR) is 80.3 cm³/mol. The van der Waals surface area contributed by atoms with E-state index in [2.05, 4.69) is 15.9 Å². The Balaban J connectivity index is 1.94. The Labute approximate surface area is 128 Å². The van der Waals surface area contributed by atoms with Gasteiger partial charge in [-0.15, -0.1) is 0 Å². The monoisotopic (exact) mass is 359 g/mol. The molecule has 1 aromatic carbocycles. The van der Waals surface area contributed by atoms with Crippen LogP contribution in [0.2, 0.25) is 0 Å². The summed E-state index contributed by atoms with van der Waals surface area (Å²) in [5.41, 5.74) is 0. The fourth-order valence-electron chi connectivity index (χ4n) is 3.38. The Hall–Kier alpha value is -0.590. The van der Waals surface area contributed by atoms with Crippen molar-refractivity contribution >= 4 is 26.0 Å². The van der Waals surface area contributed by atoms with Crippen LogP contribution in [0, 0.1) is 11.8 Å². The molecular weight excluding hydrogens is 342 g/mol. The van der Waals surface area contributed by atoms with E-state index in [1.165, 1.54) is 13.5 Å². The molecule has 6 heteroatoms. The molecule has 1 saturated carbocycles. The largest absolute Gasteiger partial charge is 0.495 e. The number of fused-ring (bicyclic) bond motifs is 1. The molecule has 2 atom stereocenters. The van der Waals surface area contributed by atoms with Crippen molar-refractivity contribution < 1.29 is 13.2 Å². The van der Waals surface area contributed by atoms with Crippen LogP contribution in [0.4, 0.5) is 0 Å². The van der Waals surface area contributed by atoms with Gasteiger partial charge in [0.05, 0.1) is 7.11 Å². The summed E-state index contributed by atoms with van der Waals surface area (Å²) in [6.07, 6.45) is 3.56. The zero-order valence-electron chi connectivity index (χ0n) is 11.4. The van der Waals surface area contributed by atoms with Crippen molar-refractivity contribution in [3.63, 3.8) is 0 Å². The molecule has 4 nitrogen and oxygen atoms in total. The standard InChI is InChI=1S/C14H18BrNO3S/c1-19-13-6-5-12(15)7-14(13)20(17,18)16-8-10-3-2-4-11(10)9-16/h5-7,10-11H,2-4,8-9H2,1H3. The highest BCUT2D eigenvalue weighted by Gasteiger charge is 2.42. The van der Waals surface area contributed by atoms with Gasteiger partial charge in [-0.05, 0) is 42.9 Å². The SMILES string of the molecule is COc1ccc(Br)cc1S(=O)(=O)N1CC2CCCC2C1. The summed E-state index contributed by atoms with van der Waals surface area (Å²) in [4.78, 5) is 0.259. The van der Waals surface area contributed by atoms with Crippen molar-refractivity contribution in [1.29, 1.82) is 0 Å². The van der Waals surface area contributed by atoms with Crippen LogP contribution in [0.3, 0.4) is 0 Å². The lowest BCUT2D eigenvalue weighted by Gasteiger charge is -2.19. The predicted octanol–water partition coefficient (Wildman–Crippen LogP) is 2.88. The molecule has 1 saturated heterocycles. The number of halogens is 1. The topological polar surface area (TPSA) is 46.6 Å². The minimum atomic E-state index is -3.47. The Bertz CT molecular complexity index is 605. The molecule has 20 heavy (non-hydrogen) atoms. The number of nitrogens with zero attached hydrogens (tertiary/aromatic N) is 1. The Morgan fingerprint density at radius 3 is 2.50 bits per heavy atom. The van der Waals surface area contributed by atoms with Crippen molar-refractivity contribution in [2.24, 2.45) is 11.8 Å². The van der Waals surface area contributed by atoms with Crippen molar-refractivity contribution in [2.45, 2.75) is 24.2 Å². The third-order valence-electron chi connectivity index (χ3n) is 4.44. The number of methoxy groups -OCH3 is 1. The van der Waals surface area contributed by atoms with E-state index in [0.29, 0.717) is 30.7 Å². The minimum absolute atomic E-state index is 0.259. The van der Waals surface area contributed by atoms with E-state index in [4.69, 9.17) is 4.74 Å². The van der Waals surface area contributed by atoms with Crippen LogP contribution in [0.5, 0.6) is 5.75 Å². The first-order chi connectivity index (χ1) is 9.52. The molecule has 2 unspecified atom stereocenters. The Morgan fingerprint density at radius 1 is 1.25 bits per heavy atom. The zero-order valence-corrected chi connectivity index (χ0v) is 13.8. The van der Waals surface area contributed by atoms with Crippen molar-refractivity contribution in [3.05, 3.63) is 22.7 Å². The maximum absolute atomic E-state index is 12.8. The molecule has 1 heterocycles. The van der Waals surface area contributed by atoms with Gasteiger partial charge in [-0.1, -0.05) is 22.4 Å². The van der Waals surface area contributed by atoms with Crippen LogP contribution in [-0.2, 0) is 10.0 Å². The van der Waals surface area contributed by atoms with Crippen LogP contribution >= 0.6 is 15.9 Å². The van der Waals surface area contributed by atoms with E-state index >= 15 is 0 Å². The molecular formula is C14H18BrNO3S. The average molecular weight is 360 g/mol. The minimum Gasteiger partial charge on any atom is -0.495 e. The molecule has 0 N–H and O–H groups in total. The quantitative estimate of drug-likeness (QED) is 0.833. The van der Waals surface area contributed by atoms with E-state index in [9.17, 15) is 8.42 Å². The smallest absolute Gasteiger partial charge is 0.246 e. The summed E-state index contributed by atoms with van der Waals surface area (Å²) in [5, 5.41) is 0. The average Bonchev–Trinajstić information content (AvgIpc) is 2.99. The molecule has 0 aromatic heterocycles. The van der Waals surface area contributed by atoms with E-state index in [0.717, 1.165) is 17.3 Å². The van der Waals surface area contributed by atoms with Crippen molar-refractivity contribution in [3.8, 4) is 5.75 Å².